The maximum atomic E-state index is 12.9. The Morgan fingerprint density at radius 2 is 1.97 bits per heavy atom. The van der Waals surface area contributed by atoms with E-state index in [1.165, 1.54) is 42.3 Å². The molecule has 12 heteroatoms. The molecule has 35 heavy (non-hydrogen) atoms. The van der Waals surface area contributed by atoms with Crippen molar-refractivity contribution in [1.29, 1.82) is 0 Å². The second-order valence-electron chi connectivity index (χ2n) is 7.37. The minimum Gasteiger partial charge on any atom is -0.491 e. The topological polar surface area (TPSA) is 140 Å². The number of carboxylic acids is 1. The zero-order chi connectivity index (χ0) is 25.2. The van der Waals surface area contributed by atoms with E-state index in [9.17, 15) is 23.1 Å². The van der Waals surface area contributed by atoms with E-state index >= 15 is 0 Å². The lowest BCUT2D eigenvalue weighted by Crippen LogP contribution is -2.25. The molecule has 0 amide bonds. The third kappa shape index (κ3) is 5.16. The van der Waals surface area contributed by atoms with E-state index < -0.39 is 21.6 Å². The molecule has 4 rings (SSSR count). The summed E-state index contributed by atoms with van der Waals surface area (Å²) >= 11 is 6.15. The van der Waals surface area contributed by atoms with Gasteiger partial charge >= 0.3 is 5.97 Å². The highest BCUT2D eigenvalue weighted by molar-refractivity contribution is 7.89. The summed E-state index contributed by atoms with van der Waals surface area (Å²) in [6.07, 6.45) is 2.56. The van der Waals surface area contributed by atoms with Crippen LogP contribution in [-0.2, 0) is 16.6 Å². The number of aromatic nitrogens is 3. The molecule has 2 N–H and O–H groups in total. The summed E-state index contributed by atoms with van der Waals surface area (Å²) in [6.45, 7) is 0.197. The number of fused-ring (bicyclic) bond motifs is 1. The van der Waals surface area contributed by atoms with Crippen LogP contribution in [0.4, 0.5) is 0 Å². The molecule has 180 valence electrons. The maximum Gasteiger partial charge on any atom is 0.335 e. The molecule has 0 aliphatic carbocycles. The van der Waals surface area contributed by atoms with Gasteiger partial charge in [-0.05, 0) is 49.0 Å². The summed E-state index contributed by atoms with van der Waals surface area (Å²) in [7, 11) is -2.57. The van der Waals surface area contributed by atoms with Gasteiger partial charge in [-0.15, -0.1) is 0 Å². The first kappa shape index (κ1) is 24.3. The van der Waals surface area contributed by atoms with Gasteiger partial charge in [0.05, 0.1) is 35.5 Å². The minimum absolute atomic E-state index is 0.0765. The second kappa shape index (κ2) is 9.82. The lowest BCUT2D eigenvalue weighted by molar-refractivity contribution is 0.0697. The van der Waals surface area contributed by atoms with Crippen LogP contribution in [0.5, 0.6) is 5.75 Å². The Labute approximate surface area is 204 Å². The van der Waals surface area contributed by atoms with E-state index in [1.807, 2.05) is 0 Å². The summed E-state index contributed by atoms with van der Waals surface area (Å²) < 4.78 is 33.4. The number of aromatic carboxylic acids is 1. The van der Waals surface area contributed by atoms with Crippen molar-refractivity contribution in [3.8, 4) is 16.9 Å². The normalized spacial score (nSPS) is 11.5. The first-order valence-corrected chi connectivity index (χ1v) is 12.1. The maximum absolute atomic E-state index is 12.9. The molecule has 0 saturated carbocycles. The van der Waals surface area contributed by atoms with Crippen LogP contribution in [0.1, 0.15) is 10.4 Å². The Morgan fingerprint density at radius 1 is 1.17 bits per heavy atom. The van der Waals surface area contributed by atoms with Gasteiger partial charge in [-0.1, -0.05) is 23.7 Å². The highest BCUT2D eigenvalue weighted by atomic mass is 35.5. The Hall–Kier alpha value is -3.80. The van der Waals surface area contributed by atoms with Gasteiger partial charge in [-0.2, -0.15) is 0 Å². The average molecular weight is 515 g/mol. The third-order valence-corrected chi connectivity index (χ3v) is 6.73. The standard InChI is InChI=1S/C23H19ClN4O6S/c1-25-35(32,33)21-11-18-19(12-26-21)27-13-28(22(18)29)7-8-34-20-6-5-16(24)10-17(20)14-3-2-4-15(9-14)23(30)31/h2-6,9-13,25H,7-8H2,1H3,(H,30,31). The summed E-state index contributed by atoms with van der Waals surface area (Å²) in [6, 6.07) is 12.5. The number of hydrogen-bond donors (Lipinski definition) is 2. The van der Waals surface area contributed by atoms with Crippen molar-refractivity contribution < 1.29 is 23.1 Å². The number of nitrogens with one attached hydrogen (secondary N) is 1. The molecule has 4 aromatic rings. The molecular weight excluding hydrogens is 496 g/mol. The Bertz CT molecular complexity index is 1600. The lowest BCUT2D eigenvalue weighted by Gasteiger charge is -2.14. The predicted octanol–water partition coefficient (Wildman–Crippen LogP) is 2.80. The molecule has 10 nitrogen and oxygen atoms in total. The molecular formula is C23H19ClN4O6S. The van der Waals surface area contributed by atoms with Crippen molar-refractivity contribution in [3.05, 3.63) is 82.0 Å². The van der Waals surface area contributed by atoms with Crippen molar-refractivity contribution in [2.24, 2.45) is 0 Å². The van der Waals surface area contributed by atoms with E-state index in [2.05, 4.69) is 14.7 Å². The summed E-state index contributed by atoms with van der Waals surface area (Å²) in [4.78, 5) is 32.3. The van der Waals surface area contributed by atoms with Crippen LogP contribution >= 0.6 is 11.6 Å². The molecule has 0 unspecified atom stereocenters. The summed E-state index contributed by atoms with van der Waals surface area (Å²) in [5, 5.41) is 9.56. The van der Waals surface area contributed by atoms with E-state index in [0.29, 0.717) is 21.9 Å². The summed E-state index contributed by atoms with van der Waals surface area (Å²) in [5.41, 5.74) is 1.14. The van der Waals surface area contributed by atoms with Crippen molar-refractivity contribution in [2.75, 3.05) is 13.7 Å². The molecule has 0 atom stereocenters. The summed E-state index contributed by atoms with van der Waals surface area (Å²) in [5.74, 6) is -0.606. The van der Waals surface area contributed by atoms with Gasteiger partial charge in [-0.3, -0.25) is 9.36 Å². The van der Waals surface area contributed by atoms with Gasteiger partial charge in [-0.25, -0.2) is 27.9 Å². The smallest absolute Gasteiger partial charge is 0.335 e. The highest BCUT2D eigenvalue weighted by Crippen LogP contribution is 2.33. The Kier molecular flexibility index (Phi) is 6.83. The minimum atomic E-state index is -3.82. The van der Waals surface area contributed by atoms with Crippen LogP contribution < -0.4 is 15.0 Å². The fraction of sp³-hybridized carbons (Fsp3) is 0.130. The first-order chi connectivity index (χ1) is 16.7. The van der Waals surface area contributed by atoms with Crippen LogP contribution in [0.2, 0.25) is 5.02 Å². The molecule has 2 aromatic heterocycles. The Balaban J connectivity index is 1.59. The van der Waals surface area contributed by atoms with Crippen LogP contribution in [0.3, 0.4) is 0 Å². The van der Waals surface area contributed by atoms with E-state index in [-0.39, 0.29) is 34.6 Å². The monoisotopic (exact) mass is 514 g/mol. The molecule has 0 bridgehead atoms. The molecule has 2 aromatic carbocycles. The molecule has 2 heterocycles. The van der Waals surface area contributed by atoms with Gasteiger partial charge in [0.1, 0.15) is 12.4 Å². The molecule has 0 radical (unpaired) electrons. The van der Waals surface area contributed by atoms with Crippen molar-refractivity contribution in [1.82, 2.24) is 19.3 Å². The zero-order valence-corrected chi connectivity index (χ0v) is 19.9. The molecule has 0 spiro atoms. The first-order valence-electron chi connectivity index (χ1n) is 10.2. The fourth-order valence-corrected chi connectivity index (χ4v) is 4.23. The van der Waals surface area contributed by atoms with Crippen molar-refractivity contribution in [2.45, 2.75) is 11.6 Å². The van der Waals surface area contributed by atoms with Gasteiger partial charge < -0.3 is 9.84 Å². The van der Waals surface area contributed by atoms with E-state index in [0.717, 1.165) is 0 Å². The lowest BCUT2D eigenvalue weighted by atomic mass is 10.0. The number of pyridine rings is 1. The quantitative estimate of drug-likeness (QED) is 0.365. The number of ether oxygens (including phenoxy) is 1. The predicted molar refractivity (Wildman–Crippen MR) is 129 cm³/mol. The van der Waals surface area contributed by atoms with Crippen molar-refractivity contribution >= 4 is 38.5 Å². The largest absolute Gasteiger partial charge is 0.491 e. The average Bonchev–Trinajstić information content (AvgIpc) is 2.86. The van der Waals surface area contributed by atoms with Gasteiger partial charge in [0.2, 0.25) is 0 Å². The number of carbonyl (C=O) groups is 1. The van der Waals surface area contributed by atoms with Crippen molar-refractivity contribution in [3.63, 3.8) is 0 Å². The van der Waals surface area contributed by atoms with Gasteiger partial charge in [0, 0.05) is 10.6 Å². The molecule has 0 saturated heterocycles. The SMILES string of the molecule is CNS(=O)(=O)c1cc2c(=O)n(CCOc3ccc(Cl)cc3-c3cccc(C(=O)O)c3)cnc2cn1. The number of sulfonamides is 1. The van der Waals surface area contributed by atoms with E-state index in [4.69, 9.17) is 16.3 Å². The van der Waals surface area contributed by atoms with Crippen LogP contribution in [0, 0.1) is 0 Å². The van der Waals surface area contributed by atoms with Gasteiger partial charge in [0.25, 0.3) is 15.6 Å². The van der Waals surface area contributed by atoms with Crippen LogP contribution in [0.25, 0.3) is 22.0 Å². The van der Waals surface area contributed by atoms with Crippen LogP contribution in [0.15, 0.2) is 70.9 Å². The fourth-order valence-electron chi connectivity index (χ4n) is 3.38. The number of nitrogens with zero attached hydrogens (tertiary/aromatic N) is 3. The number of rotatable bonds is 8. The Morgan fingerprint density at radius 3 is 2.71 bits per heavy atom. The number of halogens is 1. The number of carboxylic acid groups (broad SMARTS) is 1. The highest BCUT2D eigenvalue weighted by Gasteiger charge is 2.16. The van der Waals surface area contributed by atoms with E-state index in [1.54, 1.807) is 30.3 Å². The molecule has 0 aliphatic rings. The second-order valence-corrected chi connectivity index (χ2v) is 9.64. The van der Waals surface area contributed by atoms with Crippen LogP contribution in [-0.4, -0.2) is 47.7 Å². The zero-order valence-electron chi connectivity index (χ0n) is 18.3. The molecule has 0 aliphatic heterocycles. The number of hydrogen-bond acceptors (Lipinski definition) is 7. The number of benzene rings is 2. The third-order valence-electron chi connectivity index (χ3n) is 5.18. The van der Waals surface area contributed by atoms with Gasteiger partial charge in [0.15, 0.2) is 5.03 Å². The molecule has 0 fully saturated rings.